The summed E-state index contributed by atoms with van der Waals surface area (Å²) < 4.78 is 0. The molecule has 0 fully saturated rings. The molecule has 8 heteroatoms. The molecule has 1 aromatic carbocycles. The third-order valence-electron chi connectivity index (χ3n) is 4.23. The molecule has 3 rings (SSSR count). The minimum atomic E-state index is -0.0720. The predicted molar refractivity (Wildman–Crippen MR) is 103 cm³/mol. The van der Waals surface area contributed by atoms with E-state index in [1.807, 2.05) is 19.9 Å². The topological polar surface area (TPSA) is 61.0 Å². The molecule has 5 nitrogen and oxygen atoms in total. The zero-order valence-corrected chi connectivity index (χ0v) is 16.4. The lowest BCUT2D eigenvalue weighted by molar-refractivity contribution is 0.0683. The summed E-state index contributed by atoms with van der Waals surface area (Å²) in [6.07, 6.45) is 0.865. The number of halogens is 3. The Balaban J connectivity index is 0.00000225. The summed E-state index contributed by atoms with van der Waals surface area (Å²) in [5.74, 6) is -0.0720. The normalized spacial score (nSPS) is 13.3. The number of H-pyrrole nitrogens is 1. The van der Waals surface area contributed by atoms with Crippen LogP contribution in [0.2, 0.25) is 10.0 Å². The number of carbonyl (C=O) groups is 1. The van der Waals surface area contributed by atoms with Crippen molar-refractivity contribution in [3.8, 4) is 0 Å². The van der Waals surface area contributed by atoms with Gasteiger partial charge in [0.05, 0.1) is 10.0 Å². The van der Waals surface area contributed by atoms with Gasteiger partial charge in [0.1, 0.15) is 0 Å². The fourth-order valence-corrected chi connectivity index (χ4v) is 3.18. The second kappa shape index (κ2) is 8.41. The van der Waals surface area contributed by atoms with Gasteiger partial charge >= 0.3 is 0 Å². The van der Waals surface area contributed by atoms with Crippen LogP contribution in [0.15, 0.2) is 18.2 Å². The van der Waals surface area contributed by atoms with Crippen molar-refractivity contribution in [2.45, 2.75) is 39.4 Å². The molecule has 0 spiro atoms. The second-order valence-corrected chi connectivity index (χ2v) is 7.05. The van der Waals surface area contributed by atoms with Crippen LogP contribution in [0, 0.1) is 0 Å². The second-order valence-electron chi connectivity index (χ2n) is 6.23. The van der Waals surface area contributed by atoms with E-state index in [-0.39, 0.29) is 24.4 Å². The van der Waals surface area contributed by atoms with E-state index in [2.05, 4.69) is 15.5 Å². The number of nitrogens with zero attached hydrogens (tertiary/aromatic N) is 2. The molecule has 0 saturated heterocycles. The molecule has 25 heavy (non-hydrogen) atoms. The van der Waals surface area contributed by atoms with Crippen molar-refractivity contribution in [1.29, 1.82) is 0 Å². The lowest BCUT2D eigenvalue weighted by Crippen LogP contribution is -2.37. The van der Waals surface area contributed by atoms with Gasteiger partial charge in [0.2, 0.25) is 0 Å². The Morgan fingerprint density at radius 2 is 2.08 bits per heavy atom. The Bertz CT molecular complexity index is 760. The fraction of sp³-hybridized carbons (Fsp3) is 0.412. The number of hydrogen-bond donors (Lipinski definition) is 2. The molecular formula is C17H21Cl3N4O. The quantitative estimate of drug-likeness (QED) is 0.815. The summed E-state index contributed by atoms with van der Waals surface area (Å²) in [7, 11) is 0. The van der Waals surface area contributed by atoms with Gasteiger partial charge in [-0.15, -0.1) is 12.4 Å². The summed E-state index contributed by atoms with van der Waals surface area (Å²) in [6.45, 7) is 6.02. The van der Waals surface area contributed by atoms with Crippen LogP contribution in [0.25, 0.3) is 0 Å². The van der Waals surface area contributed by atoms with Crippen molar-refractivity contribution in [2.75, 3.05) is 6.54 Å². The van der Waals surface area contributed by atoms with E-state index in [0.717, 1.165) is 29.8 Å². The van der Waals surface area contributed by atoms with Crippen LogP contribution >= 0.6 is 35.6 Å². The molecule has 0 bridgehead atoms. The third kappa shape index (κ3) is 4.29. The van der Waals surface area contributed by atoms with Crippen LogP contribution in [0.4, 0.5) is 0 Å². The molecular weight excluding hydrogens is 383 g/mol. The van der Waals surface area contributed by atoms with Gasteiger partial charge in [-0.25, -0.2) is 0 Å². The Morgan fingerprint density at radius 3 is 2.76 bits per heavy atom. The van der Waals surface area contributed by atoms with Crippen molar-refractivity contribution in [3.63, 3.8) is 0 Å². The highest BCUT2D eigenvalue weighted by Gasteiger charge is 2.27. The van der Waals surface area contributed by atoms with Gasteiger partial charge in [0, 0.05) is 43.4 Å². The Labute approximate surface area is 163 Å². The number of benzene rings is 1. The maximum atomic E-state index is 13.0. The number of rotatable bonds is 4. The van der Waals surface area contributed by atoms with Gasteiger partial charge in [0.25, 0.3) is 5.91 Å². The molecule has 0 saturated carbocycles. The van der Waals surface area contributed by atoms with Crippen LogP contribution < -0.4 is 5.32 Å². The first-order valence-electron chi connectivity index (χ1n) is 7.99. The number of carbonyl (C=O) groups excluding carboxylic acids is 1. The molecule has 1 aliphatic rings. The molecule has 136 valence electrons. The van der Waals surface area contributed by atoms with Crippen molar-refractivity contribution in [2.24, 2.45) is 0 Å². The largest absolute Gasteiger partial charge is 0.330 e. The van der Waals surface area contributed by atoms with Crippen LogP contribution in [0.1, 0.15) is 41.2 Å². The lowest BCUT2D eigenvalue weighted by Gasteiger charge is -2.27. The first-order chi connectivity index (χ1) is 11.5. The minimum absolute atomic E-state index is 0. The minimum Gasteiger partial charge on any atom is -0.330 e. The van der Waals surface area contributed by atoms with Gasteiger partial charge in [-0.3, -0.25) is 9.89 Å². The Hall–Kier alpha value is -1.27. The molecule has 1 aliphatic heterocycles. The summed E-state index contributed by atoms with van der Waals surface area (Å²) in [5, 5.41) is 11.6. The van der Waals surface area contributed by atoms with E-state index in [4.69, 9.17) is 23.2 Å². The Morgan fingerprint density at radius 1 is 1.32 bits per heavy atom. The molecule has 2 heterocycles. The summed E-state index contributed by atoms with van der Waals surface area (Å²) in [6, 6.07) is 5.48. The Kier molecular flexibility index (Phi) is 6.74. The molecule has 2 aromatic rings. The number of amides is 1. The van der Waals surface area contributed by atoms with Gasteiger partial charge in [0.15, 0.2) is 5.69 Å². The monoisotopic (exact) mass is 402 g/mol. The van der Waals surface area contributed by atoms with E-state index in [9.17, 15) is 4.79 Å². The molecule has 1 amide bonds. The molecule has 2 N–H and O–H groups in total. The van der Waals surface area contributed by atoms with E-state index < -0.39 is 0 Å². The highest BCUT2D eigenvalue weighted by molar-refractivity contribution is 6.42. The summed E-state index contributed by atoms with van der Waals surface area (Å²) in [4.78, 5) is 14.8. The smallest absolute Gasteiger partial charge is 0.275 e. The van der Waals surface area contributed by atoms with Gasteiger partial charge in [-0.2, -0.15) is 5.10 Å². The van der Waals surface area contributed by atoms with Gasteiger partial charge in [-0.05, 0) is 31.5 Å². The molecule has 0 atom stereocenters. The standard InChI is InChI=1S/C17H20Cl2N4O.ClH/c1-10(2)23(9-11-3-4-13(18)14(19)7-11)17(24)16-12-8-20-6-5-15(12)21-22-16;/h3-4,7,10,20H,5-6,8-9H2,1-2H3,(H,21,22);1H. The maximum Gasteiger partial charge on any atom is 0.275 e. The van der Waals surface area contributed by atoms with Crippen LogP contribution in [-0.4, -0.2) is 33.6 Å². The van der Waals surface area contributed by atoms with E-state index in [1.54, 1.807) is 17.0 Å². The summed E-state index contributed by atoms with van der Waals surface area (Å²) in [5.41, 5.74) is 3.47. The third-order valence-corrected chi connectivity index (χ3v) is 4.97. The average molecular weight is 404 g/mol. The van der Waals surface area contributed by atoms with Crippen LogP contribution in [0.3, 0.4) is 0 Å². The van der Waals surface area contributed by atoms with Crippen molar-refractivity contribution >= 4 is 41.5 Å². The van der Waals surface area contributed by atoms with Gasteiger partial charge in [-0.1, -0.05) is 29.3 Å². The number of nitrogens with one attached hydrogen (secondary N) is 2. The van der Waals surface area contributed by atoms with Gasteiger partial charge < -0.3 is 10.2 Å². The fourth-order valence-electron chi connectivity index (χ4n) is 2.86. The predicted octanol–water partition coefficient (Wildman–Crippen LogP) is 3.83. The number of hydrogen-bond acceptors (Lipinski definition) is 3. The average Bonchev–Trinajstić information content (AvgIpc) is 2.99. The SMILES string of the molecule is CC(C)N(Cc1ccc(Cl)c(Cl)c1)C(=O)c1n[nH]c2c1CNCC2.Cl. The van der Waals surface area contributed by atoms with Crippen LogP contribution in [-0.2, 0) is 19.5 Å². The highest BCUT2D eigenvalue weighted by Crippen LogP contribution is 2.25. The van der Waals surface area contributed by atoms with E-state index in [1.165, 1.54) is 0 Å². The van der Waals surface area contributed by atoms with E-state index in [0.29, 0.717) is 28.8 Å². The first kappa shape index (κ1) is 20.0. The molecule has 1 aromatic heterocycles. The van der Waals surface area contributed by atoms with Crippen LogP contribution in [0.5, 0.6) is 0 Å². The molecule has 0 radical (unpaired) electrons. The number of fused-ring (bicyclic) bond motifs is 1. The van der Waals surface area contributed by atoms with E-state index >= 15 is 0 Å². The van der Waals surface area contributed by atoms with Crippen molar-refractivity contribution in [1.82, 2.24) is 20.4 Å². The zero-order chi connectivity index (χ0) is 17.3. The molecule has 0 unspecified atom stereocenters. The lowest BCUT2D eigenvalue weighted by atomic mass is 10.1. The first-order valence-corrected chi connectivity index (χ1v) is 8.74. The zero-order valence-electron chi connectivity index (χ0n) is 14.1. The number of aromatic amines is 1. The van der Waals surface area contributed by atoms with Crippen molar-refractivity contribution < 1.29 is 4.79 Å². The van der Waals surface area contributed by atoms with Crippen molar-refractivity contribution in [3.05, 3.63) is 50.8 Å². The summed E-state index contributed by atoms with van der Waals surface area (Å²) >= 11 is 12.1. The highest BCUT2D eigenvalue weighted by atomic mass is 35.5. The molecule has 0 aliphatic carbocycles. The number of aromatic nitrogens is 2. The maximum absolute atomic E-state index is 13.0.